The van der Waals surface area contributed by atoms with Crippen molar-refractivity contribution in [1.29, 1.82) is 0 Å². The number of thiophene rings is 1. The van der Waals surface area contributed by atoms with Gasteiger partial charge in [0.2, 0.25) is 0 Å². The standard InChI is InChI=1S/C18H20ClNO5S/c1-5-20-10(4)15(25-18(22)24-9(2)3)14(16-11(19)6-7-26-16)13-12(20)8-23-17(13)21/h6-7,9,14H,5,8H2,1-4H3. The van der Waals surface area contributed by atoms with Crippen LogP contribution in [0.3, 0.4) is 0 Å². The molecule has 0 fully saturated rings. The van der Waals surface area contributed by atoms with E-state index in [0.717, 1.165) is 16.3 Å². The predicted molar refractivity (Wildman–Crippen MR) is 97.8 cm³/mol. The summed E-state index contributed by atoms with van der Waals surface area (Å²) < 4.78 is 16.0. The van der Waals surface area contributed by atoms with Gasteiger partial charge in [0.25, 0.3) is 0 Å². The lowest BCUT2D eigenvalue weighted by Crippen LogP contribution is -2.32. The average Bonchev–Trinajstić information content (AvgIpc) is 3.14. The van der Waals surface area contributed by atoms with Crippen LogP contribution in [0.25, 0.3) is 0 Å². The van der Waals surface area contributed by atoms with Gasteiger partial charge in [0.1, 0.15) is 12.4 Å². The van der Waals surface area contributed by atoms with Crippen LogP contribution in [0, 0.1) is 0 Å². The van der Waals surface area contributed by atoms with Gasteiger partial charge in [-0.25, -0.2) is 9.59 Å². The molecule has 1 unspecified atom stereocenters. The lowest BCUT2D eigenvalue weighted by Gasteiger charge is -2.34. The van der Waals surface area contributed by atoms with Crippen molar-refractivity contribution >= 4 is 35.1 Å². The Labute approximate surface area is 161 Å². The summed E-state index contributed by atoms with van der Waals surface area (Å²) in [6.07, 6.45) is -1.12. The molecule has 1 atom stereocenters. The van der Waals surface area contributed by atoms with Gasteiger partial charge in [-0.3, -0.25) is 0 Å². The fourth-order valence-electron chi connectivity index (χ4n) is 3.22. The molecular formula is C18H20ClNO5S. The van der Waals surface area contributed by atoms with Crippen LogP contribution in [0.15, 0.2) is 34.2 Å². The van der Waals surface area contributed by atoms with E-state index in [2.05, 4.69) is 0 Å². The van der Waals surface area contributed by atoms with Crippen LogP contribution < -0.4 is 0 Å². The number of cyclic esters (lactones) is 1. The second-order valence-electron chi connectivity index (χ2n) is 6.21. The molecule has 0 N–H and O–H groups in total. The molecule has 3 rings (SSSR count). The van der Waals surface area contributed by atoms with E-state index in [1.165, 1.54) is 11.3 Å². The normalized spacial score (nSPS) is 19.8. The van der Waals surface area contributed by atoms with Gasteiger partial charge in [-0.15, -0.1) is 11.3 Å². The number of carbonyl (C=O) groups is 2. The largest absolute Gasteiger partial charge is 0.513 e. The molecule has 0 radical (unpaired) electrons. The number of ether oxygens (including phenoxy) is 3. The zero-order chi connectivity index (χ0) is 19.0. The number of hydrogen-bond donors (Lipinski definition) is 0. The first-order chi connectivity index (χ1) is 12.3. The Balaban J connectivity index is 2.10. The average molecular weight is 398 g/mol. The smallest absolute Gasteiger partial charge is 0.456 e. The van der Waals surface area contributed by atoms with E-state index < -0.39 is 18.0 Å². The topological polar surface area (TPSA) is 65.1 Å². The molecule has 0 saturated carbocycles. The molecule has 140 valence electrons. The van der Waals surface area contributed by atoms with Crippen molar-refractivity contribution in [1.82, 2.24) is 4.90 Å². The van der Waals surface area contributed by atoms with Crippen LogP contribution in [-0.2, 0) is 19.0 Å². The third-order valence-electron chi connectivity index (χ3n) is 4.26. The summed E-state index contributed by atoms with van der Waals surface area (Å²) >= 11 is 7.75. The van der Waals surface area contributed by atoms with Gasteiger partial charge in [0, 0.05) is 11.4 Å². The molecule has 6 nitrogen and oxygen atoms in total. The van der Waals surface area contributed by atoms with Crippen molar-refractivity contribution in [3.8, 4) is 0 Å². The minimum absolute atomic E-state index is 0.197. The molecule has 3 heterocycles. The number of halogens is 1. The van der Waals surface area contributed by atoms with E-state index in [4.69, 9.17) is 25.8 Å². The number of hydrogen-bond acceptors (Lipinski definition) is 7. The summed E-state index contributed by atoms with van der Waals surface area (Å²) in [5, 5.41) is 2.35. The zero-order valence-corrected chi connectivity index (χ0v) is 16.6. The van der Waals surface area contributed by atoms with Crippen LogP contribution in [0.5, 0.6) is 0 Å². The van der Waals surface area contributed by atoms with Gasteiger partial charge in [-0.2, -0.15) is 0 Å². The monoisotopic (exact) mass is 397 g/mol. The van der Waals surface area contributed by atoms with E-state index >= 15 is 0 Å². The molecule has 2 aliphatic rings. The maximum atomic E-state index is 12.5. The number of carbonyl (C=O) groups excluding carboxylic acids is 2. The van der Waals surface area contributed by atoms with Crippen LogP contribution in [0.1, 0.15) is 38.5 Å². The summed E-state index contributed by atoms with van der Waals surface area (Å²) in [6.45, 7) is 8.09. The predicted octanol–water partition coefficient (Wildman–Crippen LogP) is 4.42. The molecule has 0 aromatic carbocycles. The summed E-state index contributed by atoms with van der Waals surface area (Å²) in [7, 11) is 0. The highest BCUT2D eigenvalue weighted by Gasteiger charge is 2.44. The van der Waals surface area contributed by atoms with Gasteiger partial charge in [0.15, 0.2) is 0 Å². The Hall–Kier alpha value is -1.99. The summed E-state index contributed by atoms with van der Waals surface area (Å²) in [6, 6.07) is 1.76. The molecule has 26 heavy (non-hydrogen) atoms. The lowest BCUT2D eigenvalue weighted by molar-refractivity contribution is -0.136. The first-order valence-corrected chi connectivity index (χ1v) is 9.60. The second kappa shape index (κ2) is 7.32. The van der Waals surface area contributed by atoms with Crippen LogP contribution in [-0.4, -0.2) is 36.3 Å². The van der Waals surface area contributed by atoms with E-state index in [1.54, 1.807) is 19.9 Å². The van der Waals surface area contributed by atoms with Crippen molar-refractivity contribution in [2.45, 2.75) is 39.7 Å². The van der Waals surface area contributed by atoms with Crippen LogP contribution in [0.4, 0.5) is 4.79 Å². The van der Waals surface area contributed by atoms with E-state index in [0.29, 0.717) is 22.9 Å². The Morgan fingerprint density at radius 3 is 2.81 bits per heavy atom. The molecule has 0 amide bonds. The Morgan fingerprint density at radius 1 is 1.50 bits per heavy atom. The number of allylic oxidation sites excluding steroid dienone is 2. The fraction of sp³-hybridized carbons (Fsp3) is 0.444. The van der Waals surface area contributed by atoms with Gasteiger partial charge in [-0.05, 0) is 39.1 Å². The van der Waals surface area contributed by atoms with Gasteiger partial charge in [0.05, 0.1) is 34.0 Å². The summed E-state index contributed by atoms with van der Waals surface area (Å²) in [5.41, 5.74) is 1.99. The fourth-order valence-corrected chi connectivity index (χ4v) is 4.49. The molecule has 1 aromatic heterocycles. The molecule has 2 aliphatic heterocycles. The number of esters is 1. The minimum Gasteiger partial charge on any atom is -0.456 e. The first-order valence-electron chi connectivity index (χ1n) is 8.34. The summed E-state index contributed by atoms with van der Waals surface area (Å²) in [4.78, 5) is 27.3. The lowest BCUT2D eigenvalue weighted by atomic mass is 9.89. The quantitative estimate of drug-likeness (QED) is 0.700. The Kier molecular flexibility index (Phi) is 5.29. The maximum absolute atomic E-state index is 12.5. The minimum atomic E-state index is -0.807. The molecule has 0 aliphatic carbocycles. The van der Waals surface area contributed by atoms with Gasteiger partial charge < -0.3 is 19.1 Å². The van der Waals surface area contributed by atoms with Crippen molar-refractivity contribution in [2.75, 3.05) is 13.2 Å². The van der Waals surface area contributed by atoms with Crippen LogP contribution in [0.2, 0.25) is 5.02 Å². The van der Waals surface area contributed by atoms with Crippen molar-refractivity contribution in [3.05, 3.63) is 44.1 Å². The number of likely N-dealkylation sites (N-methyl/N-ethyl adjacent to an activating group) is 1. The molecular weight excluding hydrogens is 378 g/mol. The Morgan fingerprint density at radius 2 is 2.23 bits per heavy atom. The molecule has 0 bridgehead atoms. The molecule has 8 heteroatoms. The summed E-state index contributed by atoms with van der Waals surface area (Å²) in [5.74, 6) is -0.659. The van der Waals surface area contributed by atoms with Crippen LogP contribution >= 0.6 is 22.9 Å². The van der Waals surface area contributed by atoms with Crippen molar-refractivity contribution in [2.24, 2.45) is 0 Å². The Bertz CT molecular complexity index is 810. The number of nitrogens with zero attached hydrogens (tertiary/aromatic N) is 1. The third kappa shape index (κ3) is 3.21. The zero-order valence-electron chi connectivity index (χ0n) is 15.0. The van der Waals surface area contributed by atoms with Gasteiger partial charge in [-0.1, -0.05) is 11.6 Å². The van der Waals surface area contributed by atoms with Crippen molar-refractivity contribution in [3.63, 3.8) is 0 Å². The molecule has 1 aromatic rings. The molecule has 0 spiro atoms. The third-order valence-corrected chi connectivity index (χ3v) is 5.68. The van der Waals surface area contributed by atoms with Gasteiger partial charge >= 0.3 is 12.1 Å². The highest BCUT2D eigenvalue weighted by atomic mass is 35.5. The SMILES string of the molecule is CCN1C(C)=C(OC(=O)OC(C)C)C(c2sccc2Cl)C2=C1COC2=O. The highest BCUT2D eigenvalue weighted by molar-refractivity contribution is 7.10. The maximum Gasteiger partial charge on any atom is 0.513 e. The van der Waals surface area contributed by atoms with E-state index in [-0.39, 0.29) is 12.7 Å². The van der Waals surface area contributed by atoms with E-state index in [1.807, 2.05) is 24.1 Å². The van der Waals surface area contributed by atoms with E-state index in [9.17, 15) is 9.59 Å². The second-order valence-corrected chi connectivity index (χ2v) is 7.57. The molecule has 0 saturated heterocycles. The number of rotatable bonds is 4. The first kappa shape index (κ1) is 18.8. The van der Waals surface area contributed by atoms with Crippen molar-refractivity contribution < 1.29 is 23.8 Å². The highest BCUT2D eigenvalue weighted by Crippen LogP contribution is 2.48.